The highest BCUT2D eigenvalue weighted by molar-refractivity contribution is 5.91. The fourth-order valence-corrected chi connectivity index (χ4v) is 2.49. The van der Waals surface area contributed by atoms with Crippen LogP contribution < -0.4 is 5.32 Å². The molecule has 3 rings (SSSR count). The Bertz CT molecular complexity index is 631. The Hall–Kier alpha value is -2.33. The normalized spacial score (nSPS) is 21.1. The van der Waals surface area contributed by atoms with Crippen molar-refractivity contribution in [2.45, 2.75) is 18.6 Å². The summed E-state index contributed by atoms with van der Waals surface area (Å²) in [4.78, 5) is 11.9. The van der Waals surface area contributed by atoms with Crippen LogP contribution in [0, 0.1) is 0 Å². The predicted octanol–water partition coefficient (Wildman–Crippen LogP) is 2.07. The summed E-state index contributed by atoms with van der Waals surface area (Å²) >= 11 is 0. The molecule has 4 nitrogen and oxygen atoms in total. The van der Waals surface area contributed by atoms with Crippen LogP contribution in [0.15, 0.2) is 53.2 Å². The molecule has 0 radical (unpaired) electrons. The molecule has 1 aliphatic carbocycles. The molecule has 1 aromatic heterocycles. The third-order valence-corrected chi connectivity index (χ3v) is 3.44. The Labute approximate surface area is 116 Å². The van der Waals surface area contributed by atoms with Crippen LogP contribution in [0.5, 0.6) is 0 Å². The average molecular weight is 269 g/mol. The zero-order valence-corrected chi connectivity index (χ0v) is 10.8. The predicted molar refractivity (Wildman–Crippen MR) is 74.8 cm³/mol. The second-order valence-corrected chi connectivity index (χ2v) is 4.81. The van der Waals surface area contributed by atoms with Gasteiger partial charge in [0.05, 0.1) is 18.4 Å². The molecule has 1 aliphatic rings. The largest absolute Gasteiger partial charge is 0.465 e. The molecular weight excluding hydrogens is 254 g/mol. The summed E-state index contributed by atoms with van der Waals surface area (Å²) in [6, 6.07) is 10.9. The van der Waals surface area contributed by atoms with Gasteiger partial charge < -0.3 is 14.8 Å². The van der Waals surface area contributed by atoms with Crippen molar-refractivity contribution < 1.29 is 14.3 Å². The third kappa shape index (κ3) is 2.51. The quantitative estimate of drug-likeness (QED) is 0.838. The minimum Gasteiger partial charge on any atom is -0.465 e. The van der Waals surface area contributed by atoms with Crippen molar-refractivity contribution in [1.82, 2.24) is 5.32 Å². The van der Waals surface area contributed by atoms with Crippen molar-refractivity contribution >= 4 is 12.0 Å². The topological polar surface area (TPSA) is 62.5 Å². The lowest BCUT2D eigenvalue weighted by Crippen LogP contribution is -2.32. The maximum Gasteiger partial charge on any atom is 0.244 e. The zero-order chi connectivity index (χ0) is 13.9. The van der Waals surface area contributed by atoms with Gasteiger partial charge in [-0.3, -0.25) is 4.79 Å². The van der Waals surface area contributed by atoms with Crippen molar-refractivity contribution in [2.75, 3.05) is 0 Å². The van der Waals surface area contributed by atoms with E-state index >= 15 is 0 Å². The van der Waals surface area contributed by atoms with E-state index in [-0.39, 0.29) is 11.9 Å². The number of aliphatic hydroxyl groups is 1. The number of benzene rings is 1. The standard InChI is InChI=1S/C16H15NO3/c18-14-10-11-4-1-2-6-13(11)16(14)17-15(19)8-7-12-5-3-9-20-12/h1-9,14,16,18H,10H2,(H,17,19)/b8-7+/t14-,16+/m0/s1. The van der Waals surface area contributed by atoms with E-state index in [4.69, 9.17) is 4.42 Å². The summed E-state index contributed by atoms with van der Waals surface area (Å²) in [5, 5.41) is 12.9. The zero-order valence-electron chi connectivity index (χ0n) is 10.8. The SMILES string of the molecule is O=C(/C=C/c1ccco1)N[C@@H]1c2ccccc2C[C@@H]1O. The number of carbonyl (C=O) groups excluding carboxylic acids is 1. The molecule has 2 N–H and O–H groups in total. The summed E-state index contributed by atoms with van der Waals surface area (Å²) in [6.45, 7) is 0. The molecule has 0 unspecified atom stereocenters. The van der Waals surface area contributed by atoms with Gasteiger partial charge in [-0.05, 0) is 29.3 Å². The minimum atomic E-state index is -0.576. The van der Waals surface area contributed by atoms with Crippen LogP contribution >= 0.6 is 0 Å². The van der Waals surface area contributed by atoms with E-state index in [1.807, 2.05) is 24.3 Å². The smallest absolute Gasteiger partial charge is 0.244 e. The Morgan fingerprint density at radius 2 is 2.15 bits per heavy atom. The molecule has 0 bridgehead atoms. The Kier molecular flexibility index (Phi) is 3.39. The molecule has 4 heteroatoms. The maximum atomic E-state index is 11.9. The molecule has 1 aromatic carbocycles. The number of amides is 1. The number of aliphatic hydroxyl groups excluding tert-OH is 1. The molecule has 0 fully saturated rings. The molecular formula is C16H15NO3. The van der Waals surface area contributed by atoms with Crippen molar-refractivity contribution in [3.8, 4) is 0 Å². The lowest BCUT2D eigenvalue weighted by molar-refractivity contribution is -0.117. The maximum absolute atomic E-state index is 11.9. The van der Waals surface area contributed by atoms with E-state index in [9.17, 15) is 9.90 Å². The molecule has 102 valence electrons. The van der Waals surface area contributed by atoms with E-state index in [1.165, 1.54) is 6.08 Å². The second-order valence-electron chi connectivity index (χ2n) is 4.81. The van der Waals surface area contributed by atoms with Crippen molar-refractivity contribution in [2.24, 2.45) is 0 Å². The molecule has 20 heavy (non-hydrogen) atoms. The van der Waals surface area contributed by atoms with Crippen molar-refractivity contribution in [3.05, 3.63) is 65.6 Å². The van der Waals surface area contributed by atoms with Crippen LogP contribution in [0.4, 0.5) is 0 Å². The van der Waals surface area contributed by atoms with Crippen LogP contribution in [0.3, 0.4) is 0 Å². The average Bonchev–Trinajstić information content (AvgIpc) is 3.06. The third-order valence-electron chi connectivity index (χ3n) is 3.44. The van der Waals surface area contributed by atoms with Gasteiger partial charge in [0.25, 0.3) is 0 Å². The summed E-state index contributed by atoms with van der Waals surface area (Å²) < 4.78 is 5.12. The number of hydrogen-bond donors (Lipinski definition) is 2. The molecule has 0 saturated carbocycles. The Balaban J connectivity index is 1.70. The molecule has 1 heterocycles. The van der Waals surface area contributed by atoms with E-state index < -0.39 is 6.10 Å². The van der Waals surface area contributed by atoms with Crippen LogP contribution in [0.1, 0.15) is 22.9 Å². The Morgan fingerprint density at radius 3 is 2.95 bits per heavy atom. The van der Waals surface area contributed by atoms with Gasteiger partial charge >= 0.3 is 0 Å². The molecule has 0 spiro atoms. The minimum absolute atomic E-state index is 0.248. The van der Waals surface area contributed by atoms with Crippen molar-refractivity contribution in [3.63, 3.8) is 0 Å². The highest BCUT2D eigenvalue weighted by Gasteiger charge is 2.31. The van der Waals surface area contributed by atoms with Crippen LogP contribution in [-0.4, -0.2) is 17.1 Å². The van der Waals surface area contributed by atoms with Gasteiger partial charge in [-0.2, -0.15) is 0 Å². The molecule has 2 atom stereocenters. The highest BCUT2D eigenvalue weighted by Crippen LogP contribution is 2.31. The van der Waals surface area contributed by atoms with Crippen molar-refractivity contribution in [1.29, 1.82) is 0 Å². The summed E-state index contributed by atoms with van der Waals surface area (Å²) in [5.74, 6) is 0.370. The van der Waals surface area contributed by atoms with Gasteiger partial charge in [-0.15, -0.1) is 0 Å². The van der Waals surface area contributed by atoms with Crippen LogP contribution in [0.2, 0.25) is 0 Å². The fourth-order valence-electron chi connectivity index (χ4n) is 2.49. The van der Waals surface area contributed by atoms with E-state index in [2.05, 4.69) is 5.32 Å². The van der Waals surface area contributed by atoms with Gasteiger partial charge in [0.15, 0.2) is 0 Å². The monoisotopic (exact) mass is 269 g/mol. The summed E-state index contributed by atoms with van der Waals surface area (Å²) in [7, 11) is 0. The molecule has 0 aliphatic heterocycles. The first-order valence-electron chi connectivity index (χ1n) is 6.52. The van der Waals surface area contributed by atoms with E-state index in [0.717, 1.165) is 11.1 Å². The lowest BCUT2D eigenvalue weighted by Gasteiger charge is -2.16. The van der Waals surface area contributed by atoms with E-state index in [1.54, 1.807) is 24.5 Å². The van der Waals surface area contributed by atoms with E-state index in [0.29, 0.717) is 12.2 Å². The number of carbonyl (C=O) groups is 1. The first-order chi connectivity index (χ1) is 9.74. The number of rotatable bonds is 3. The van der Waals surface area contributed by atoms with Gasteiger partial charge in [-0.25, -0.2) is 0 Å². The van der Waals surface area contributed by atoms with Crippen LogP contribution in [0.25, 0.3) is 6.08 Å². The number of furan rings is 1. The molecule has 1 amide bonds. The summed E-state index contributed by atoms with van der Waals surface area (Å²) in [6.07, 6.45) is 4.56. The molecule has 0 saturated heterocycles. The second kappa shape index (κ2) is 5.35. The Morgan fingerprint density at radius 1 is 1.30 bits per heavy atom. The molecule has 2 aromatic rings. The van der Waals surface area contributed by atoms with Gasteiger partial charge in [0, 0.05) is 12.5 Å². The first kappa shape index (κ1) is 12.7. The number of hydrogen-bond acceptors (Lipinski definition) is 3. The summed E-state index contributed by atoms with van der Waals surface area (Å²) in [5.41, 5.74) is 2.07. The first-order valence-corrected chi connectivity index (χ1v) is 6.52. The fraction of sp³-hybridized carbons (Fsp3) is 0.188. The number of nitrogens with one attached hydrogen (secondary N) is 1. The van der Waals surface area contributed by atoms with Gasteiger partial charge in [-0.1, -0.05) is 24.3 Å². The van der Waals surface area contributed by atoms with Gasteiger partial charge in [0.1, 0.15) is 5.76 Å². The number of fused-ring (bicyclic) bond motifs is 1. The van der Waals surface area contributed by atoms with Crippen LogP contribution in [-0.2, 0) is 11.2 Å². The lowest BCUT2D eigenvalue weighted by atomic mass is 10.1. The highest BCUT2D eigenvalue weighted by atomic mass is 16.3. The van der Waals surface area contributed by atoms with Gasteiger partial charge in [0.2, 0.25) is 5.91 Å².